The van der Waals surface area contributed by atoms with Gasteiger partial charge < -0.3 is 5.73 Å². The van der Waals surface area contributed by atoms with Gasteiger partial charge in [-0.3, -0.25) is 0 Å². The molecule has 2 aromatic heterocycles. The molecule has 5 heteroatoms. The zero-order chi connectivity index (χ0) is 12.5. The van der Waals surface area contributed by atoms with Crippen molar-refractivity contribution in [3.8, 4) is 0 Å². The van der Waals surface area contributed by atoms with E-state index in [0.29, 0.717) is 0 Å². The number of aromatic nitrogens is 2. The van der Waals surface area contributed by atoms with E-state index < -0.39 is 0 Å². The van der Waals surface area contributed by atoms with Gasteiger partial charge in [-0.15, -0.1) is 11.3 Å². The van der Waals surface area contributed by atoms with Crippen LogP contribution in [0.1, 0.15) is 16.5 Å². The molecule has 0 bridgehead atoms. The Balaban J connectivity index is 2.04. The van der Waals surface area contributed by atoms with Gasteiger partial charge in [0.25, 0.3) is 0 Å². The summed E-state index contributed by atoms with van der Waals surface area (Å²) in [6.07, 6.45) is 4.86. The fourth-order valence-electron chi connectivity index (χ4n) is 1.81. The highest BCUT2D eigenvalue weighted by atomic mass is 32.1. The molecule has 1 unspecified atom stereocenters. The van der Waals surface area contributed by atoms with Crippen molar-refractivity contribution in [2.45, 2.75) is 6.04 Å². The quantitative estimate of drug-likeness (QED) is 0.770. The van der Waals surface area contributed by atoms with Gasteiger partial charge in [-0.1, -0.05) is 6.07 Å². The lowest BCUT2D eigenvalue weighted by molar-refractivity contribution is 0.630. The van der Waals surface area contributed by atoms with Gasteiger partial charge in [0.1, 0.15) is 12.1 Å². The summed E-state index contributed by atoms with van der Waals surface area (Å²) in [5.41, 5.74) is 7.01. The summed E-state index contributed by atoms with van der Waals surface area (Å²) in [7, 11) is 0. The van der Waals surface area contributed by atoms with Gasteiger partial charge in [0.15, 0.2) is 0 Å². The minimum Gasteiger partial charge on any atom is -0.320 e. The molecule has 18 heavy (non-hydrogen) atoms. The predicted octanol–water partition coefficient (Wildman–Crippen LogP) is 2.88. The van der Waals surface area contributed by atoms with E-state index in [-0.39, 0.29) is 11.9 Å². The van der Waals surface area contributed by atoms with E-state index in [1.54, 1.807) is 18.5 Å². The maximum atomic E-state index is 13.1. The molecule has 3 rings (SSSR count). The molecule has 3 aromatic rings. The third-order valence-corrected chi connectivity index (χ3v) is 3.93. The van der Waals surface area contributed by atoms with Crippen LogP contribution >= 0.6 is 11.3 Å². The second-order valence-electron chi connectivity index (χ2n) is 3.98. The molecule has 2 N–H and O–H groups in total. The fourth-order valence-corrected chi connectivity index (χ4v) is 2.93. The van der Waals surface area contributed by atoms with Crippen LogP contribution in [0.15, 0.2) is 43.0 Å². The number of nitrogens with zero attached hydrogens (tertiary/aromatic N) is 2. The zero-order valence-electron chi connectivity index (χ0n) is 9.38. The van der Waals surface area contributed by atoms with Crippen LogP contribution in [0, 0.1) is 5.82 Å². The van der Waals surface area contributed by atoms with Crippen molar-refractivity contribution in [3.63, 3.8) is 0 Å². The minimum absolute atomic E-state index is 0.229. The molecule has 0 aliphatic carbocycles. The number of hydrogen-bond donors (Lipinski definition) is 1. The van der Waals surface area contributed by atoms with Gasteiger partial charge in [0.2, 0.25) is 0 Å². The number of halogens is 1. The topological polar surface area (TPSA) is 51.8 Å². The van der Waals surface area contributed by atoms with Crippen molar-refractivity contribution in [1.29, 1.82) is 0 Å². The minimum atomic E-state index is -0.272. The van der Waals surface area contributed by atoms with E-state index in [1.807, 2.05) is 6.07 Å². The normalized spacial score (nSPS) is 12.8. The molecule has 0 aliphatic rings. The van der Waals surface area contributed by atoms with Crippen molar-refractivity contribution in [2.24, 2.45) is 5.73 Å². The van der Waals surface area contributed by atoms with Gasteiger partial charge in [-0.05, 0) is 23.6 Å². The first-order valence-corrected chi connectivity index (χ1v) is 6.25. The van der Waals surface area contributed by atoms with Crippen LogP contribution in [0.2, 0.25) is 0 Å². The van der Waals surface area contributed by atoms with Crippen LogP contribution in [0.4, 0.5) is 4.39 Å². The Morgan fingerprint density at radius 2 is 1.94 bits per heavy atom. The molecule has 0 saturated heterocycles. The molecule has 0 aliphatic heterocycles. The molecule has 0 spiro atoms. The molecule has 1 aromatic carbocycles. The van der Waals surface area contributed by atoms with Crippen molar-refractivity contribution >= 4 is 21.4 Å². The largest absolute Gasteiger partial charge is 0.320 e. The Hall–Kier alpha value is -1.85. The van der Waals surface area contributed by atoms with E-state index in [0.717, 1.165) is 20.5 Å². The second-order valence-corrected chi connectivity index (χ2v) is 5.10. The molecule has 0 fully saturated rings. The predicted molar refractivity (Wildman–Crippen MR) is 69.8 cm³/mol. The van der Waals surface area contributed by atoms with Crippen LogP contribution in [-0.2, 0) is 0 Å². The molecule has 0 saturated carbocycles. The lowest BCUT2D eigenvalue weighted by Gasteiger charge is -2.07. The number of fused-ring (bicyclic) bond motifs is 1. The summed E-state index contributed by atoms with van der Waals surface area (Å²) in [5.74, 6) is -0.229. The van der Waals surface area contributed by atoms with Gasteiger partial charge in [-0.2, -0.15) is 0 Å². The van der Waals surface area contributed by atoms with E-state index in [4.69, 9.17) is 5.73 Å². The molecule has 2 heterocycles. The summed E-state index contributed by atoms with van der Waals surface area (Å²) in [6.45, 7) is 0. The first-order chi connectivity index (χ1) is 8.74. The molecular formula is C13H10FN3S. The van der Waals surface area contributed by atoms with E-state index in [9.17, 15) is 4.39 Å². The van der Waals surface area contributed by atoms with Gasteiger partial charge in [-0.25, -0.2) is 14.4 Å². The lowest BCUT2D eigenvalue weighted by atomic mass is 10.1. The molecular weight excluding hydrogens is 249 g/mol. The van der Waals surface area contributed by atoms with Gasteiger partial charge >= 0.3 is 0 Å². The van der Waals surface area contributed by atoms with Crippen LogP contribution < -0.4 is 5.73 Å². The molecule has 3 nitrogen and oxygen atoms in total. The Kier molecular flexibility index (Phi) is 2.77. The average molecular weight is 259 g/mol. The van der Waals surface area contributed by atoms with E-state index in [2.05, 4.69) is 9.97 Å². The molecule has 0 radical (unpaired) electrons. The van der Waals surface area contributed by atoms with E-state index >= 15 is 0 Å². The van der Waals surface area contributed by atoms with Crippen LogP contribution in [0.3, 0.4) is 0 Å². The Morgan fingerprint density at radius 1 is 1.17 bits per heavy atom. The van der Waals surface area contributed by atoms with Crippen molar-refractivity contribution in [3.05, 3.63) is 59.2 Å². The first-order valence-electron chi connectivity index (χ1n) is 5.43. The summed E-state index contributed by atoms with van der Waals surface area (Å²) in [6, 6.07) is 6.45. The molecule has 0 amide bonds. The highest BCUT2D eigenvalue weighted by Crippen LogP contribution is 2.31. The maximum absolute atomic E-state index is 13.1. The van der Waals surface area contributed by atoms with Gasteiger partial charge in [0, 0.05) is 27.5 Å². The van der Waals surface area contributed by atoms with E-state index in [1.165, 1.54) is 29.8 Å². The van der Waals surface area contributed by atoms with Crippen LogP contribution in [-0.4, -0.2) is 9.97 Å². The standard InChI is InChI=1S/C13H10FN3S/c14-10-2-1-8-3-12(18-11(8)4-10)13(15)9-5-16-7-17-6-9/h1-7,13H,15H2. The molecule has 90 valence electrons. The highest BCUT2D eigenvalue weighted by Gasteiger charge is 2.13. The third-order valence-electron chi connectivity index (χ3n) is 2.75. The first kappa shape index (κ1) is 11.3. The maximum Gasteiger partial charge on any atom is 0.124 e. The number of nitrogens with two attached hydrogens (primary N) is 1. The Bertz CT molecular complexity index is 681. The summed E-state index contributed by atoms with van der Waals surface area (Å²) < 4.78 is 14.0. The van der Waals surface area contributed by atoms with Crippen molar-refractivity contribution < 1.29 is 4.39 Å². The lowest BCUT2D eigenvalue weighted by Crippen LogP contribution is -2.10. The molecule has 1 atom stereocenters. The van der Waals surface area contributed by atoms with Crippen molar-refractivity contribution in [2.75, 3.05) is 0 Å². The number of thiophene rings is 1. The Labute approximate surface area is 107 Å². The highest BCUT2D eigenvalue weighted by molar-refractivity contribution is 7.19. The fraction of sp³-hybridized carbons (Fsp3) is 0.0769. The SMILES string of the molecule is NC(c1cncnc1)c1cc2ccc(F)cc2s1. The van der Waals surface area contributed by atoms with Gasteiger partial charge in [0.05, 0.1) is 6.04 Å². The average Bonchev–Trinajstić information content (AvgIpc) is 2.81. The second kappa shape index (κ2) is 4.44. The smallest absolute Gasteiger partial charge is 0.124 e. The number of rotatable bonds is 2. The monoisotopic (exact) mass is 259 g/mol. The Morgan fingerprint density at radius 3 is 2.72 bits per heavy atom. The zero-order valence-corrected chi connectivity index (χ0v) is 10.2. The third kappa shape index (κ3) is 1.98. The van der Waals surface area contributed by atoms with Crippen LogP contribution in [0.25, 0.3) is 10.1 Å². The summed E-state index contributed by atoms with van der Waals surface area (Å²) in [4.78, 5) is 8.88. The van der Waals surface area contributed by atoms with Crippen LogP contribution in [0.5, 0.6) is 0 Å². The van der Waals surface area contributed by atoms with Crippen molar-refractivity contribution in [1.82, 2.24) is 9.97 Å². The summed E-state index contributed by atoms with van der Waals surface area (Å²) in [5, 5.41) is 1.00. The number of benzene rings is 1. The number of hydrogen-bond acceptors (Lipinski definition) is 4. The summed E-state index contributed by atoms with van der Waals surface area (Å²) >= 11 is 1.49.